The molecule has 158 valence electrons. The fraction of sp³-hybridized carbons (Fsp3) is 0.609. The van der Waals surface area contributed by atoms with Crippen LogP contribution in [0.1, 0.15) is 53.9 Å². The van der Waals surface area contributed by atoms with Crippen LogP contribution in [0, 0.1) is 17.3 Å². The predicted octanol–water partition coefficient (Wildman–Crippen LogP) is 3.05. The second-order valence-corrected chi connectivity index (χ2v) is 8.70. The Morgan fingerprint density at radius 1 is 1.31 bits per heavy atom. The van der Waals surface area contributed by atoms with Gasteiger partial charge in [0.25, 0.3) is 0 Å². The zero-order valence-corrected chi connectivity index (χ0v) is 17.8. The van der Waals surface area contributed by atoms with Gasteiger partial charge in [-0.2, -0.15) is 0 Å². The number of ketones is 2. The molecule has 3 aliphatic rings. The molecule has 0 saturated heterocycles. The predicted molar refractivity (Wildman–Crippen MR) is 107 cm³/mol. The van der Waals surface area contributed by atoms with Crippen molar-refractivity contribution in [2.45, 2.75) is 66.1 Å². The van der Waals surface area contributed by atoms with Crippen LogP contribution in [0.5, 0.6) is 0 Å². The first-order chi connectivity index (χ1) is 13.6. The highest BCUT2D eigenvalue weighted by atomic mass is 16.5. The molecule has 3 rings (SSSR count). The molecule has 6 heteroatoms. The van der Waals surface area contributed by atoms with Crippen molar-refractivity contribution in [1.29, 1.82) is 0 Å². The highest BCUT2D eigenvalue weighted by molar-refractivity contribution is 6.08. The van der Waals surface area contributed by atoms with Gasteiger partial charge >= 0.3 is 5.97 Å². The van der Waals surface area contributed by atoms with Gasteiger partial charge in [0.2, 0.25) is 0 Å². The third kappa shape index (κ3) is 3.70. The lowest BCUT2D eigenvalue weighted by molar-refractivity contribution is -0.146. The summed E-state index contributed by atoms with van der Waals surface area (Å²) in [7, 11) is 0. The maximum atomic E-state index is 13.3. The Morgan fingerprint density at radius 3 is 2.62 bits per heavy atom. The van der Waals surface area contributed by atoms with E-state index in [-0.39, 0.29) is 18.2 Å². The van der Waals surface area contributed by atoms with Crippen molar-refractivity contribution in [2.24, 2.45) is 17.3 Å². The molecule has 0 fully saturated rings. The average Bonchev–Trinajstić information content (AvgIpc) is 2.67. The van der Waals surface area contributed by atoms with Crippen LogP contribution in [-0.4, -0.2) is 41.5 Å². The minimum absolute atomic E-state index is 0.199. The number of allylic oxidation sites excluding steroid dienone is 1. The van der Waals surface area contributed by atoms with E-state index in [0.717, 1.165) is 17.6 Å². The molecule has 6 nitrogen and oxygen atoms in total. The van der Waals surface area contributed by atoms with E-state index in [1.807, 2.05) is 26.8 Å². The van der Waals surface area contributed by atoms with Gasteiger partial charge in [-0.25, -0.2) is 4.79 Å². The van der Waals surface area contributed by atoms with Crippen molar-refractivity contribution in [3.05, 3.63) is 34.6 Å². The zero-order chi connectivity index (χ0) is 21.5. The lowest BCUT2D eigenvalue weighted by atomic mass is 9.68. The highest BCUT2D eigenvalue weighted by Crippen LogP contribution is 2.49. The average molecular weight is 402 g/mol. The van der Waals surface area contributed by atoms with Gasteiger partial charge < -0.3 is 14.6 Å². The van der Waals surface area contributed by atoms with Gasteiger partial charge in [-0.1, -0.05) is 33.3 Å². The molecule has 4 atom stereocenters. The number of aliphatic hydroxyl groups is 1. The SMILES string of the molecule is CCCC1=CC(=O)OC2C1=CC(C)(C)C1=C2C(C(=O)C(C)C(O)CC)C(=O)CO1. The van der Waals surface area contributed by atoms with E-state index < -0.39 is 35.4 Å². The molecule has 0 saturated carbocycles. The number of rotatable bonds is 6. The Labute approximate surface area is 171 Å². The third-order valence-electron chi connectivity index (χ3n) is 6.07. The molecular formula is C23H30O6. The summed E-state index contributed by atoms with van der Waals surface area (Å²) in [5.41, 5.74) is 1.58. The summed E-state index contributed by atoms with van der Waals surface area (Å²) in [6, 6.07) is 0. The summed E-state index contributed by atoms with van der Waals surface area (Å²) in [5, 5.41) is 10.2. The number of carbonyl (C=O) groups is 3. The fourth-order valence-corrected chi connectivity index (χ4v) is 4.51. The van der Waals surface area contributed by atoms with Crippen LogP contribution in [0.2, 0.25) is 0 Å². The van der Waals surface area contributed by atoms with Crippen molar-refractivity contribution in [1.82, 2.24) is 0 Å². The molecule has 29 heavy (non-hydrogen) atoms. The van der Waals surface area contributed by atoms with Crippen molar-refractivity contribution in [3.8, 4) is 0 Å². The Balaban J connectivity index is 2.13. The fourth-order valence-electron chi connectivity index (χ4n) is 4.51. The number of fused-ring (bicyclic) bond motifs is 2. The molecule has 0 aromatic rings. The number of hydrogen-bond donors (Lipinski definition) is 1. The van der Waals surface area contributed by atoms with Gasteiger partial charge in [0.1, 0.15) is 18.3 Å². The number of Topliss-reactive ketones (excluding diaryl/α,β-unsaturated/α-hetero) is 2. The molecule has 0 amide bonds. The standard InChI is InChI=1S/C23H30O6/c1-6-8-13-9-17(26)29-21-14(13)10-23(4,5)22-19(21)18(16(25)11-28-22)20(27)12(3)15(24)7-2/h9-10,12,15,18,21,24H,6-8,11H2,1-5H3. The van der Waals surface area contributed by atoms with Gasteiger partial charge in [-0.3, -0.25) is 9.59 Å². The van der Waals surface area contributed by atoms with Crippen LogP contribution in [0.4, 0.5) is 0 Å². The summed E-state index contributed by atoms with van der Waals surface area (Å²) in [5.74, 6) is -2.44. The number of esters is 1. The van der Waals surface area contributed by atoms with Crippen LogP contribution in [0.15, 0.2) is 34.6 Å². The molecule has 0 aromatic carbocycles. The van der Waals surface area contributed by atoms with E-state index in [2.05, 4.69) is 0 Å². The molecule has 0 aromatic heterocycles. The maximum absolute atomic E-state index is 13.3. The van der Waals surface area contributed by atoms with E-state index in [4.69, 9.17) is 9.47 Å². The maximum Gasteiger partial charge on any atom is 0.331 e. The highest BCUT2D eigenvalue weighted by Gasteiger charge is 2.51. The molecule has 0 bridgehead atoms. The van der Waals surface area contributed by atoms with Crippen molar-refractivity contribution >= 4 is 17.5 Å². The van der Waals surface area contributed by atoms with Gasteiger partial charge in [0.05, 0.1) is 6.10 Å². The van der Waals surface area contributed by atoms with E-state index in [1.54, 1.807) is 13.8 Å². The first-order valence-corrected chi connectivity index (χ1v) is 10.4. The number of ether oxygens (including phenoxy) is 2. The number of hydrogen-bond acceptors (Lipinski definition) is 6. The van der Waals surface area contributed by atoms with Gasteiger partial charge in [0.15, 0.2) is 17.7 Å². The molecule has 2 heterocycles. The first kappa shape index (κ1) is 21.5. The summed E-state index contributed by atoms with van der Waals surface area (Å²) in [4.78, 5) is 38.4. The van der Waals surface area contributed by atoms with Gasteiger partial charge in [-0.15, -0.1) is 0 Å². The summed E-state index contributed by atoms with van der Waals surface area (Å²) in [6.07, 6.45) is 3.85. The molecule has 0 spiro atoms. The number of aliphatic hydroxyl groups excluding tert-OH is 1. The summed E-state index contributed by atoms with van der Waals surface area (Å²) >= 11 is 0. The Bertz CT molecular complexity index is 828. The second-order valence-electron chi connectivity index (χ2n) is 8.70. The van der Waals surface area contributed by atoms with Crippen LogP contribution in [0.3, 0.4) is 0 Å². The lowest BCUT2D eigenvalue weighted by Gasteiger charge is -2.43. The molecule has 0 radical (unpaired) electrons. The Hall–Kier alpha value is -2.21. The van der Waals surface area contributed by atoms with Crippen molar-refractivity contribution < 1.29 is 29.0 Å². The van der Waals surface area contributed by atoms with Crippen LogP contribution in [-0.2, 0) is 23.9 Å². The smallest absolute Gasteiger partial charge is 0.331 e. The van der Waals surface area contributed by atoms with E-state index in [1.165, 1.54) is 6.08 Å². The van der Waals surface area contributed by atoms with E-state index in [9.17, 15) is 19.5 Å². The minimum Gasteiger partial charge on any atom is -0.489 e. The molecular weight excluding hydrogens is 372 g/mol. The zero-order valence-electron chi connectivity index (χ0n) is 17.8. The first-order valence-electron chi connectivity index (χ1n) is 10.4. The summed E-state index contributed by atoms with van der Waals surface area (Å²) in [6.45, 7) is 9.19. The molecule has 2 aliphatic heterocycles. The molecule has 4 unspecified atom stereocenters. The number of carbonyl (C=O) groups excluding carboxylic acids is 3. The lowest BCUT2D eigenvalue weighted by Crippen LogP contribution is -2.48. The normalized spacial score (nSPS) is 27.7. The van der Waals surface area contributed by atoms with E-state index in [0.29, 0.717) is 24.2 Å². The van der Waals surface area contributed by atoms with Crippen LogP contribution < -0.4 is 0 Å². The monoisotopic (exact) mass is 402 g/mol. The summed E-state index contributed by atoms with van der Waals surface area (Å²) < 4.78 is 11.4. The third-order valence-corrected chi connectivity index (χ3v) is 6.07. The second kappa shape index (κ2) is 7.90. The quantitative estimate of drug-likeness (QED) is 0.542. The largest absolute Gasteiger partial charge is 0.489 e. The molecule has 1 aliphatic carbocycles. The van der Waals surface area contributed by atoms with Crippen LogP contribution in [0.25, 0.3) is 0 Å². The molecule has 1 N–H and O–H groups in total. The Kier molecular flexibility index (Phi) is 5.86. The van der Waals surface area contributed by atoms with Crippen LogP contribution >= 0.6 is 0 Å². The Morgan fingerprint density at radius 2 is 2.00 bits per heavy atom. The van der Waals surface area contributed by atoms with Crippen molar-refractivity contribution in [2.75, 3.05) is 6.61 Å². The van der Waals surface area contributed by atoms with Gasteiger partial charge in [-0.05, 0) is 37.8 Å². The minimum atomic E-state index is -1.07. The topological polar surface area (TPSA) is 89.9 Å². The van der Waals surface area contributed by atoms with E-state index >= 15 is 0 Å². The van der Waals surface area contributed by atoms with Crippen molar-refractivity contribution in [3.63, 3.8) is 0 Å². The van der Waals surface area contributed by atoms with Gasteiger partial charge in [0, 0.05) is 23.0 Å².